The number of hydrogen-bond acceptors (Lipinski definition) is 5. The average Bonchev–Trinajstić information content (AvgIpc) is 2.34. The standard InChI is InChI=1S/C12H20N2O3/c1-10-7-12(11(9-16)8-13-10)14(3-5-15)4-6-17-2/h7-8,15-16H,3-6,9H2,1-2H3. The van der Waals surface area contributed by atoms with Crippen molar-refractivity contribution in [2.24, 2.45) is 0 Å². The number of anilines is 1. The zero-order chi connectivity index (χ0) is 12.7. The first kappa shape index (κ1) is 13.9. The molecule has 0 aliphatic rings. The Morgan fingerprint density at radius 1 is 1.35 bits per heavy atom. The highest BCUT2D eigenvalue weighted by Gasteiger charge is 2.11. The molecule has 0 aliphatic heterocycles. The van der Waals surface area contributed by atoms with Crippen LogP contribution in [0.25, 0.3) is 0 Å². The van der Waals surface area contributed by atoms with Gasteiger partial charge in [0.15, 0.2) is 0 Å². The summed E-state index contributed by atoms with van der Waals surface area (Å²) in [5, 5.41) is 18.4. The van der Waals surface area contributed by atoms with Gasteiger partial charge in [-0.15, -0.1) is 0 Å². The van der Waals surface area contributed by atoms with Crippen LogP contribution < -0.4 is 4.90 Å². The lowest BCUT2D eigenvalue weighted by atomic mass is 10.2. The highest BCUT2D eigenvalue weighted by atomic mass is 16.5. The van der Waals surface area contributed by atoms with Gasteiger partial charge in [0.05, 0.1) is 19.8 Å². The van der Waals surface area contributed by atoms with E-state index in [1.807, 2.05) is 17.9 Å². The molecule has 0 amide bonds. The summed E-state index contributed by atoms with van der Waals surface area (Å²) in [7, 11) is 1.64. The van der Waals surface area contributed by atoms with E-state index < -0.39 is 0 Å². The van der Waals surface area contributed by atoms with Crippen LogP contribution in [0.3, 0.4) is 0 Å². The number of aliphatic hydroxyl groups excluding tert-OH is 2. The summed E-state index contributed by atoms with van der Waals surface area (Å²) in [6.45, 7) is 3.67. The van der Waals surface area contributed by atoms with Gasteiger partial charge >= 0.3 is 0 Å². The molecule has 0 atom stereocenters. The predicted octanol–water partition coefficient (Wildman–Crippen LogP) is 0.327. The van der Waals surface area contributed by atoms with Crippen molar-refractivity contribution >= 4 is 5.69 Å². The fraction of sp³-hybridized carbons (Fsp3) is 0.583. The number of aliphatic hydroxyl groups is 2. The Balaban J connectivity index is 2.93. The lowest BCUT2D eigenvalue weighted by Crippen LogP contribution is -2.31. The summed E-state index contributed by atoms with van der Waals surface area (Å²) in [4.78, 5) is 6.14. The van der Waals surface area contributed by atoms with E-state index >= 15 is 0 Å². The lowest BCUT2D eigenvalue weighted by Gasteiger charge is -2.25. The van der Waals surface area contributed by atoms with E-state index in [0.717, 1.165) is 16.9 Å². The van der Waals surface area contributed by atoms with Crippen molar-refractivity contribution in [2.45, 2.75) is 13.5 Å². The van der Waals surface area contributed by atoms with Gasteiger partial charge in [-0.1, -0.05) is 0 Å². The number of pyridine rings is 1. The molecule has 0 fully saturated rings. The molecule has 0 unspecified atom stereocenters. The molecular formula is C12H20N2O3. The van der Waals surface area contributed by atoms with Crippen LogP contribution in [0, 0.1) is 6.92 Å². The number of ether oxygens (including phenoxy) is 1. The summed E-state index contributed by atoms with van der Waals surface area (Å²) in [5.74, 6) is 0. The normalized spacial score (nSPS) is 10.6. The Kier molecular flexibility index (Phi) is 5.90. The van der Waals surface area contributed by atoms with E-state index in [4.69, 9.17) is 9.84 Å². The summed E-state index contributed by atoms with van der Waals surface area (Å²) >= 11 is 0. The number of aromatic nitrogens is 1. The molecule has 0 aliphatic carbocycles. The summed E-state index contributed by atoms with van der Waals surface area (Å²) in [5.41, 5.74) is 2.56. The van der Waals surface area contributed by atoms with Crippen molar-refractivity contribution in [3.8, 4) is 0 Å². The summed E-state index contributed by atoms with van der Waals surface area (Å²) in [6.07, 6.45) is 1.67. The molecule has 5 nitrogen and oxygen atoms in total. The molecular weight excluding hydrogens is 220 g/mol. The van der Waals surface area contributed by atoms with E-state index in [1.165, 1.54) is 0 Å². The highest BCUT2D eigenvalue weighted by Crippen LogP contribution is 2.20. The van der Waals surface area contributed by atoms with E-state index in [9.17, 15) is 5.11 Å². The van der Waals surface area contributed by atoms with Crippen LogP contribution in [0.15, 0.2) is 12.3 Å². The average molecular weight is 240 g/mol. The highest BCUT2D eigenvalue weighted by molar-refractivity contribution is 5.53. The minimum atomic E-state index is -0.0580. The maximum Gasteiger partial charge on any atom is 0.0717 e. The molecule has 2 N–H and O–H groups in total. The topological polar surface area (TPSA) is 65.8 Å². The van der Waals surface area contributed by atoms with Crippen LogP contribution in [-0.2, 0) is 11.3 Å². The fourth-order valence-corrected chi connectivity index (χ4v) is 1.66. The molecule has 0 saturated heterocycles. The zero-order valence-electron chi connectivity index (χ0n) is 10.4. The molecule has 0 aromatic carbocycles. The predicted molar refractivity (Wildman–Crippen MR) is 66.1 cm³/mol. The number of methoxy groups -OCH3 is 1. The van der Waals surface area contributed by atoms with Crippen molar-refractivity contribution in [2.75, 3.05) is 38.3 Å². The molecule has 0 saturated carbocycles. The van der Waals surface area contributed by atoms with E-state index in [2.05, 4.69) is 4.98 Å². The van der Waals surface area contributed by atoms with Crippen molar-refractivity contribution in [3.05, 3.63) is 23.5 Å². The van der Waals surface area contributed by atoms with Gasteiger partial charge in [-0.2, -0.15) is 0 Å². The Morgan fingerprint density at radius 3 is 2.71 bits per heavy atom. The first-order valence-corrected chi connectivity index (χ1v) is 5.64. The van der Waals surface area contributed by atoms with Gasteiger partial charge in [-0.3, -0.25) is 4.98 Å². The van der Waals surface area contributed by atoms with Gasteiger partial charge in [0.2, 0.25) is 0 Å². The third kappa shape index (κ3) is 3.96. The second-order valence-electron chi connectivity index (χ2n) is 3.82. The lowest BCUT2D eigenvalue weighted by molar-refractivity contribution is 0.202. The minimum Gasteiger partial charge on any atom is -0.395 e. The van der Waals surface area contributed by atoms with Crippen LogP contribution in [-0.4, -0.2) is 48.6 Å². The SMILES string of the molecule is COCCN(CCO)c1cc(C)ncc1CO. The molecule has 1 aromatic rings. The van der Waals surface area contributed by atoms with E-state index in [0.29, 0.717) is 19.7 Å². The molecule has 96 valence electrons. The third-order valence-electron chi connectivity index (χ3n) is 2.54. The molecule has 1 aromatic heterocycles. The van der Waals surface area contributed by atoms with Crippen molar-refractivity contribution in [3.63, 3.8) is 0 Å². The van der Waals surface area contributed by atoms with E-state index in [-0.39, 0.29) is 13.2 Å². The number of hydrogen-bond donors (Lipinski definition) is 2. The van der Waals surface area contributed by atoms with Crippen LogP contribution in [0.2, 0.25) is 0 Å². The molecule has 0 spiro atoms. The van der Waals surface area contributed by atoms with Gasteiger partial charge in [-0.25, -0.2) is 0 Å². The molecule has 1 rings (SSSR count). The number of rotatable bonds is 7. The van der Waals surface area contributed by atoms with E-state index in [1.54, 1.807) is 13.3 Å². The third-order valence-corrected chi connectivity index (χ3v) is 2.54. The zero-order valence-corrected chi connectivity index (χ0v) is 10.4. The first-order chi connectivity index (χ1) is 8.22. The Labute approximate surface area is 102 Å². The van der Waals surface area contributed by atoms with Gasteiger partial charge < -0.3 is 19.8 Å². The summed E-state index contributed by atoms with van der Waals surface area (Å²) < 4.78 is 5.04. The van der Waals surface area contributed by atoms with Crippen LogP contribution in [0.1, 0.15) is 11.3 Å². The molecule has 1 heterocycles. The molecule has 0 bridgehead atoms. The largest absolute Gasteiger partial charge is 0.395 e. The maximum absolute atomic E-state index is 9.29. The minimum absolute atomic E-state index is 0.0580. The van der Waals surface area contributed by atoms with Gasteiger partial charge in [0.1, 0.15) is 0 Å². The Hall–Kier alpha value is -1.17. The first-order valence-electron chi connectivity index (χ1n) is 5.64. The van der Waals surface area contributed by atoms with Gasteiger partial charge in [0.25, 0.3) is 0 Å². The molecule has 17 heavy (non-hydrogen) atoms. The Morgan fingerprint density at radius 2 is 2.12 bits per heavy atom. The molecule has 5 heteroatoms. The smallest absolute Gasteiger partial charge is 0.0717 e. The van der Waals surface area contributed by atoms with Crippen molar-refractivity contribution < 1.29 is 14.9 Å². The number of nitrogens with zero attached hydrogens (tertiary/aromatic N) is 2. The van der Waals surface area contributed by atoms with Gasteiger partial charge in [0, 0.05) is 43.3 Å². The summed E-state index contributed by atoms with van der Waals surface area (Å²) in [6, 6.07) is 1.91. The second-order valence-corrected chi connectivity index (χ2v) is 3.82. The fourth-order valence-electron chi connectivity index (χ4n) is 1.66. The van der Waals surface area contributed by atoms with Crippen molar-refractivity contribution in [1.29, 1.82) is 0 Å². The second kappa shape index (κ2) is 7.21. The monoisotopic (exact) mass is 240 g/mol. The van der Waals surface area contributed by atoms with Crippen LogP contribution >= 0.6 is 0 Å². The number of aryl methyl sites for hydroxylation is 1. The molecule has 0 radical (unpaired) electrons. The maximum atomic E-state index is 9.29. The van der Waals surface area contributed by atoms with Gasteiger partial charge in [-0.05, 0) is 13.0 Å². The Bertz CT molecular complexity index is 345. The van der Waals surface area contributed by atoms with Crippen LogP contribution in [0.5, 0.6) is 0 Å². The quantitative estimate of drug-likeness (QED) is 0.719. The van der Waals surface area contributed by atoms with Crippen molar-refractivity contribution in [1.82, 2.24) is 4.98 Å². The van der Waals surface area contributed by atoms with Crippen LogP contribution in [0.4, 0.5) is 5.69 Å².